The lowest BCUT2D eigenvalue weighted by atomic mass is 10.5. The molecule has 1 rings (SSSR count). The summed E-state index contributed by atoms with van der Waals surface area (Å²) in [5.41, 5.74) is 0. The minimum atomic E-state index is 0.856. The fraction of sp³-hybridized carbons (Fsp3) is 0.250. The lowest BCUT2D eigenvalue weighted by Gasteiger charge is -1.65. The summed E-state index contributed by atoms with van der Waals surface area (Å²) in [7, 11) is 0. The molecule has 0 aliphatic carbocycles. The van der Waals surface area contributed by atoms with Crippen molar-refractivity contribution >= 4 is 0 Å². The van der Waals surface area contributed by atoms with Crippen LogP contribution in [-0.4, -0.2) is 5.16 Å². The molecule has 2 heteroatoms. The Labute approximate surface area is 35.8 Å². The van der Waals surface area contributed by atoms with Gasteiger partial charge in [-0.15, -0.1) is 0 Å². The number of aryl methyl sites for hydroxylation is 1. The maximum absolute atomic E-state index is 4.58. The zero-order chi connectivity index (χ0) is 4.41. The lowest BCUT2D eigenvalue weighted by Crippen LogP contribution is -1.50. The molecule has 0 fully saturated rings. The van der Waals surface area contributed by atoms with E-state index in [2.05, 4.69) is 9.68 Å². The highest BCUT2D eigenvalue weighted by atomic mass is 16.5. The molecule has 1 heterocycles. The Morgan fingerprint density at radius 1 is 1.83 bits per heavy atom. The third-order valence-electron chi connectivity index (χ3n) is 0.567. The van der Waals surface area contributed by atoms with Crippen molar-refractivity contribution in [3.8, 4) is 0 Å². The first-order valence-corrected chi connectivity index (χ1v) is 1.77. The van der Waals surface area contributed by atoms with Gasteiger partial charge in [-0.3, -0.25) is 0 Å². The number of rotatable bonds is 0. The van der Waals surface area contributed by atoms with Crippen LogP contribution in [0.5, 0.6) is 0 Å². The maximum Gasteiger partial charge on any atom is 0.133 e. The van der Waals surface area contributed by atoms with Crippen molar-refractivity contribution in [1.29, 1.82) is 0 Å². The van der Waals surface area contributed by atoms with Gasteiger partial charge in [0.2, 0.25) is 0 Å². The second-order valence-electron chi connectivity index (χ2n) is 1.12. The van der Waals surface area contributed by atoms with Gasteiger partial charge in [-0.1, -0.05) is 5.16 Å². The molecule has 0 amide bonds. The van der Waals surface area contributed by atoms with Gasteiger partial charge in [-0.05, 0) is 6.92 Å². The summed E-state index contributed by atoms with van der Waals surface area (Å²) in [6.45, 7) is 1.85. The highest BCUT2D eigenvalue weighted by Crippen LogP contribution is 1.88. The van der Waals surface area contributed by atoms with E-state index in [9.17, 15) is 0 Å². The fourth-order valence-corrected chi connectivity index (χ4v) is 0.279. The zero-order valence-corrected chi connectivity index (χ0v) is 3.51. The van der Waals surface area contributed by atoms with E-state index in [0.717, 1.165) is 5.76 Å². The fourth-order valence-electron chi connectivity index (χ4n) is 0.279. The molecule has 0 aliphatic rings. The average molecular weight is 83.1 g/mol. The van der Waals surface area contributed by atoms with E-state index in [1.807, 2.05) is 6.92 Å². The van der Waals surface area contributed by atoms with Crippen LogP contribution in [0, 0.1) is 6.92 Å². The summed E-state index contributed by atoms with van der Waals surface area (Å²) in [5, 5.41) is 3.45. The van der Waals surface area contributed by atoms with Crippen molar-refractivity contribution in [3.63, 3.8) is 0 Å². The molecule has 0 aliphatic heterocycles. The molecule has 0 spiro atoms. The summed E-state index contributed by atoms with van der Waals surface area (Å²) < 4.78 is 4.58. The van der Waals surface area contributed by atoms with Crippen molar-refractivity contribution < 1.29 is 4.52 Å². The van der Waals surface area contributed by atoms with Crippen molar-refractivity contribution in [2.24, 2.45) is 0 Å². The standard InChI is InChI=1S/C4H5NO/c1-4-2-3-5-6-4/h2-3H,1H3. The van der Waals surface area contributed by atoms with Crippen molar-refractivity contribution in [2.45, 2.75) is 6.92 Å². The highest BCUT2D eigenvalue weighted by molar-refractivity contribution is 4.87. The Morgan fingerprint density at radius 2 is 2.67 bits per heavy atom. The average Bonchev–Trinajstić information content (AvgIpc) is 1.86. The van der Waals surface area contributed by atoms with Crippen molar-refractivity contribution in [3.05, 3.63) is 18.0 Å². The van der Waals surface area contributed by atoms with Crippen LogP contribution in [0.1, 0.15) is 5.76 Å². The van der Waals surface area contributed by atoms with Gasteiger partial charge in [0.1, 0.15) is 5.76 Å². The van der Waals surface area contributed by atoms with E-state index < -0.39 is 0 Å². The first kappa shape index (κ1) is 3.40. The van der Waals surface area contributed by atoms with Crippen LogP contribution in [0.15, 0.2) is 16.8 Å². The van der Waals surface area contributed by atoms with Gasteiger partial charge in [0.15, 0.2) is 0 Å². The maximum atomic E-state index is 4.58. The third kappa shape index (κ3) is 0.407. The van der Waals surface area contributed by atoms with Gasteiger partial charge in [0, 0.05) is 6.07 Å². The Kier molecular flexibility index (Phi) is 0.638. The molecule has 0 N–H and O–H groups in total. The molecule has 0 saturated carbocycles. The molecule has 0 saturated heterocycles. The van der Waals surface area contributed by atoms with Gasteiger partial charge < -0.3 is 4.52 Å². The third-order valence-corrected chi connectivity index (χ3v) is 0.567. The van der Waals surface area contributed by atoms with E-state index in [-0.39, 0.29) is 0 Å². The second-order valence-corrected chi connectivity index (χ2v) is 1.12. The van der Waals surface area contributed by atoms with Crippen LogP contribution < -0.4 is 0 Å². The molecule has 1 aromatic rings. The number of nitrogens with zero attached hydrogens (tertiary/aromatic N) is 1. The Morgan fingerprint density at radius 3 is 2.83 bits per heavy atom. The first-order chi connectivity index (χ1) is 2.89. The van der Waals surface area contributed by atoms with E-state index in [0.29, 0.717) is 0 Å². The van der Waals surface area contributed by atoms with Crippen molar-refractivity contribution in [2.75, 3.05) is 0 Å². The molecule has 0 bridgehead atoms. The Hall–Kier alpha value is -0.790. The molecule has 0 atom stereocenters. The van der Waals surface area contributed by atoms with Crippen LogP contribution in [0.25, 0.3) is 0 Å². The smallest absolute Gasteiger partial charge is 0.133 e. The Bertz CT molecular complexity index is 111. The summed E-state index contributed by atoms with van der Waals surface area (Å²) in [5.74, 6) is 0.856. The molecule has 0 unspecified atom stereocenters. The summed E-state index contributed by atoms with van der Waals surface area (Å²) in [6.07, 6.45) is 1.62. The van der Waals surface area contributed by atoms with E-state index >= 15 is 0 Å². The van der Waals surface area contributed by atoms with E-state index in [1.165, 1.54) is 0 Å². The molecule has 1 aromatic heterocycles. The summed E-state index contributed by atoms with van der Waals surface area (Å²) in [6, 6.07) is 1.81. The van der Waals surface area contributed by atoms with E-state index in [4.69, 9.17) is 0 Å². The summed E-state index contributed by atoms with van der Waals surface area (Å²) >= 11 is 0. The Balaban J connectivity index is 3.05. The molecule has 0 aromatic carbocycles. The minimum absolute atomic E-state index is 0.856. The van der Waals surface area contributed by atoms with Crippen molar-refractivity contribution in [1.82, 2.24) is 5.16 Å². The van der Waals surface area contributed by atoms with Gasteiger partial charge >= 0.3 is 0 Å². The molecular weight excluding hydrogens is 78.0 g/mol. The van der Waals surface area contributed by atoms with Crippen LogP contribution in [0.4, 0.5) is 0 Å². The predicted octanol–water partition coefficient (Wildman–Crippen LogP) is 0.983. The normalized spacial score (nSPS) is 8.83. The van der Waals surface area contributed by atoms with Gasteiger partial charge in [0.05, 0.1) is 6.20 Å². The predicted molar refractivity (Wildman–Crippen MR) is 21.2 cm³/mol. The van der Waals surface area contributed by atoms with Crippen LogP contribution in [-0.2, 0) is 0 Å². The largest absolute Gasteiger partial charge is 0.362 e. The molecule has 2 nitrogen and oxygen atoms in total. The topological polar surface area (TPSA) is 26.0 Å². The summed E-state index contributed by atoms with van der Waals surface area (Å²) in [4.78, 5) is 0. The quantitative estimate of drug-likeness (QED) is 0.467. The van der Waals surface area contributed by atoms with Crippen LogP contribution >= 0.6 is 0 Å². The molecule has 6 heavy (non-hydrogen) atoms. The number of aromatic nitrogens is 1. The lowest BCUT2D eigenvalue weighted by molar-refractivity contribution is 0.397. The van der Waals surface area contributed by atoms with Crippen LogP contribution in [0.3, 0.4) is 0 Å². The van der Waals surface area contributed by atoms with Crippen LogP contribution in [0.2, 0.25) is 0 Å². The van der Waals surface area contributed by atoms with Gasteiger partial charge in [-0.2, -0.15) is 0 Å². The van der Waals surface area contributed by atoms with Gasteiger partial charge in [0.25, 0.3) is 0 Å². The minimum Gasteiger partial charge on any atom is -0.362 e. The first-order valence-electron chi connectivity index (χ1n) is 1.77. The molecule has 32 valence electrons. The number of hydrogen-bond donors (Lipinski definition) is 0. The molecular formula is C4H5NO. The van der Waals surface area contributed by atoms with E-state index in [1.54, 1.807) is 12.3 Å². The SMILES string of the molecule is Cc1ccno1. The van der Waals surface area contributed by atoms with Gasteiger partial charge in [-0.25, -0.2) is 0 Å². The zero-order valence-electron chi connectivity index (χ0n) is 3.51. The molecule has 0 radical (unpaired) electrons. The highest BCUT2D eigenvalue weighted by Gasteiger charge is 1.78. The second kappa shape index (κ2) is 1.12. The monoisotopic (exact) mass is 83.0 g/mol. The number of hydrogen-bond acceptors (Lipinski definition) is 2.